The van der Waals surface area contributed by atoms with Gasteiger partial charge in [0.1, 0.15) is 16.7 Å². The molecule has 0 saturated carbocycles. The van der Waals surface area contributed by atoms with Crippen LogP contribution in [-0.4, -0.2) is 36.6 Å². The zero-order chi connectivity index (χ0) is 23.6. The van der Waals surface area contributed by atoms with Crippen LogP contribution in [0.5, 0.6) is 0 Å². The molecule has 33 heavy (non-hydrogen) atoms. The van der Waals surface area contributed by atoms with Gasteiger partial charge in [-0.25, -0.2) is 17.8 Å². The van der Waals surface area contributed by atoms with Crippen LogP contribution >= 0.6 is 11.3 Å². The number of halogens is 1. The van der Waals surface area contributed by atoms with Crippen LogP contribution < -0.4 is 0 Å². The molecule has 0 bridgehead atoms. The van der Waals surface area contributed by atoms with Crippen LogP contribution in [0.2, 0.25) is 0 Å². The molecule has 0 saturated heterocycles. The Morgan fingerprint density at radius 2 is 1.91 bits per heavy atom. The van der Waals surface area contributed by atoms with E-state index in [4.69, 9.17) is 4.74 Å². The van der Waals surface area contributed by atoms with Gasteiger partial charge in [0.25, 0.3) is 10.0 Å². The molecule has 1 unspecified atom stereocenters. The summed E-state index contributed by atoms with van der Waals surface area (Å²) in [5, 5.41) is 10.4. The summed E-state index contributed by atoms with van der Waals surface area (Å²) < 4.78 is 50.9. The number of sulfonamides is 1. The highest BCUT2D eigenvalue weighted by molar-refractivity contribution is 7.90. The first kappa shape index (κ1) is 23.5. The molecule has 1 aliphatic heterocycles. The van der Waals surface area contributed by atoms with Crippen molar-refractivity contribution >= 4 is 27.3 Å². The van der Waals surface area contributed by atoms with E-state index in [1.807, 2.05) is 17.5 Å². The van der Waals surface area contributed by atoms with E-state index in [9.17, 15) is 17.9 Å². The molecule has 1 aliphatic rings. The van der Waals surface area contributed by atoms with E-state index >= 15 is 0 Å². The molecule has 0 aliphatic carbocycles. The Morgan fingerprint density at radius 1 is 1.18 bits per heavy atom. The average molecular weight is 489 g/mol. The molecule has 4 rings (SSSR count). The van der Waals surface area contributed by atoms with Crippen molar-refractivity contribution < 1.29 is 22.7 Å². The SMILES string of the molecule is CC1(C)OC(C[C@@H](CCO)c2ccccc2F)=NS(=O)(=O)C1c1ccc(-c2cscn2)cc1. The lowest BCUT2D eigenvalue weighted by Crippen LogP contribution is -2.43. The number of ether oxygens (including phenoxy) is 1. The fraction of sp³-hybridized carbons (Fsp3) is 0.333. The van der Waals surface area contributed by atoms with E-state index < -0.39 is 32.6 Å². The van der Waals surface area contributed by atoms with Crippen molar-refractivity contribution in [1.29, 1.82) is 0 Å². The van der Waals surface area contributed by atoms with Gasteiger partial charge >= 0.3 is 0 Å². The number of nitrogens with zero attached hydrogens (tertiary/aromatic N) is 2. The van der Waals surface area contributed by atoms with E-state index in [1.165, 1.54) is 17.4 Å². The van der Waals surface area contributed by atoms with Gasteiger partial charge in [-0.15, -0.1) is 15.7 Å². The fourth-order valence-corrected chi connectivity index (χ4v) is 6.63. The molecule has 2 heterocycles. The van der Waals surface area contributed by atoms with E-state index in [1.54, 1.807) is 49.7 Å². The van der Waals surface area contributed by atoms with Gasteiger partial charge in [0.2, 0.25) is 5.90 Å². The lowest BCUT2D eigenvalue weighted by Gasteiger charge is -2.38. The summed E-state index contributed by atoms with van der Waals surface area (Å²) in [7, 11) is -3.96. The Kier molecular flexibility index (Phi) is 6.65. The van der Waals surface area contributed by atoms with E-state index in [2.05, 4.69) is 9.38 Å². The molecule has 1 aromatic heterocycles. The monoisotopic (exact) mass is 488 g/mol. The van der Waals surface area contributed by atoms with Gasteiger partial charge in [0.15, 0.2) is 0 Å². The van der Waals surface area contributed by atoms with Crippen molar-refractivity contribution in [3.8, 4) is 11.3 Å². The average Bonchev–Trinajstić information content (AvgIpc) is 3.27. The third-order valence-corrected chi connectivity index (χ3v) is 8.20. The standard InChI is InChI=1S/C24H25FN2O4S2/c1-24(2)23(17-9-7-16(8-10-17)21-14-32-15-26-21)33(29,30)27-22(31-24)13-18(11-12-28)19-5-3-4-6-20(19)25/h3-10,14-15,18,23,28H,11-13H2,1-2H3/t18-,23?/m1/s1. The van der Waals surface area contributed by atoms with Gasteiger partial charge in [-0.2, -0.15) is 0 Å². The van der Waals surface area contributed by atoms with Crippen LogP contribution in [0.15, 0.2) is 63.8 Å². The predicted octanol–water partition coefficient (Wildman–Crippen LogP) is 5.08. The van der Waals surface area contributed by atoms with E-state index in [-0.39, 0.29) is 25.3 Å². The summed E-state index contributed by atoms with van der Waals surface area (Å²) >= 11 is 1.49. The highest BCUT2D eigenvalue weighted by Gasteiger charge is 2.47. The summed E-state index contributed by atoms with van der Waals surface area (Å²) in [6.07, 6.45) is 0.324. The Bertz CT molecular complexity index is 1240. The second-order valence-corrected chi connectivity index (χ2v) is 10.9. The first-order chi connectivity index (χ1) is 15.7. The minimum atomic E-state index is -3.96. The number of benzene rings is 2. The van der Waals surface area contributed by atoms with Crippen molar-refractivity contribution in [2.75, 3.05) is 6.61 Å². The lowest BCUT2D eigenvalue weighted by atomic mass is 9.91. The Balaban J connectivity index is 1.63. The maximum atomic E-state index is 14.4. The molecule has 174 valence electrons. The summed E-state index contributed by atoms with van der Waals surface area (Å²) in [4.78, 5) is 4.28. The van der Waals surface area contributed by atoms with Gasteiger partial charge in [-0.1, -0.05) is 42.5 Å². The van der Waals surface area contributed by atoms with Crippen LogP contribution in [0.3, 0.4) is 0 Å². The van der Waals surface area contributed by atoms with Crippen molar-refractivity contribution in [3.63, 3.8) is 0 Å². The minimum Gasteiger partial charge on any atom is -0.472 e. The molecule has 3 aromatic rings. The molecule has 2 aromatic carbocycles. The topological polar surface area (TPSA) is 88.9 Å². The second kappa shape index (κ2) is 9.32. The normalized spacial score (nSPS) is 20.0. The highest BCUT2D eigenvalue weighted by Crippen LogP contribution is 2.42. The molecule has 0 fully saturated rings. The predicted molar refractivity (Wildman–Crippen MR) is 127 cm³/mol. The fourth-order valence-electron chi connectivity index (χ4n) is 4.31. The molecule has 0 radical (unpaired) electrons. The van der Waals surface area contributed by atoms with Gasteiger partial charge in [0.05, 0.1) is 11.2 Å². The van der Waals surface area contributed by atoms with Gasteiger partial charge in [-0.05, 0) is 43.4 Å². The zero-order valence-electron chi connectivity index (χ0n) is 18.3. The minimum absolute atomic E-state index is 0.0250. The maximum absolute atomic E-state index is 14.4. The van der Waals surface area contributed by atoms with E-state index in [0.29, 0.717) is 11.1 Å². The Labute approximate surface area is 196 Å². The molecule has 9 heteroatoms. The van der Waals surface area contributed by atoms with Crippen molar-refractivity contribution in [3.05, 3.63) is 76.4 Å². The summed E-state index contributed by atoms with van der Waals surface area (Å²) in [6.45, 7) is 3.25. The quantitative estimate of drug-likeness (QED) is 0.501. The Hall–Kier alpha value is -2.62. The van der Waals surface area contributed by atoms with Crippen LogP contribution in [-0.2, 0) is 14.8 Å². The summed E-state index contributed by atoms with van der Waals surface area (Å²) in [5.74, 6) is -0.848. The number of rotatable bonds is 7. The number of hydrogen-bond acceptors (Lipinski definition) is 6. The molecule has 0 spiro atoms. The van der Waals surface area contributed by atoms with Crippen LogP contribution in [0.1, 0.15) is 49.0 Å². The number of aromatic nitrogens is 1. The number of thiazole rings is 1. The molecule has 6 nitrogen and oxygen atoms in total. The van der Waals surface area contributed by atoms with Crippen LogP contribution in [0, 0.1) is 5.82 Å². The van der Waals surface area contributed by atoms with Crippen molar-refractivity contribution in [1.82, 2.24) is 4.98 Å². The molecular weight excluding hydrogens is 463 g/mol. The number of aliphatic hydroxyl groups excluding tert-OH is 1. The highest BCUT2D eigenvalue weighted by atomic mass is 32.2. The van der Waals surface area contributed by atoms with Crippen molar-refractivity contribution in [2.24, 2.45) is 4.40 Å². The molecule has 1 N–H and O–H groups in total. The first-order valence-corrected chi connectivity index (χ1v) is 13.0. The first-order valence-electron chi connectivity index (χ1n) is 10.6. The molecular formula is C24H25FN2O4S2. The van der Waals surface area contributed by atoms with Gasteiger partial charge in [-0.3, -0.25) is 0 Å². The molecule has 0 amide bonds. The Morgan fingerprint density at radius 3 is 2.52 bits per heavy atom. The zero-order valence-corrected chi connectivity index (χ0v) is 19.9. The van der Waals surface area contributed by atoms with Gasteiger partial charge < -0.3 is 9.84 Å². The largest absolute Gasteiger partial charge is 0.472 e. The smallest absolute Gasteiger partial charge is 0.267 e. The number of hydrogen-bond donors (Lipinski definition) is 1. The van der Waals surface area contributed by atoms with Crippen LogP contribution in [0.25, 0.3) is 11.3 Å². The van der Waals surface area contributed by atoms with Crippen LogP contribution in [0.4, 0.5) is 4.39 Å². The summed E-state index contributed by atoms with van der Waals surface area (Å²) in [6, 6.07) is 13.5. The second-order valence-electron chi connectivity index (χ2n) is 8.52. The lowest BCUT2D eigenvalue weighted by molar-refractivity contribution is 0.0797. The maximum Gasteiger partial charge on any atom is 0.267 e. The third-order valence-electron chi connectivity index (χ3n) is 5.72. The molecule has 2 atom stereocenters. The van der Waals surface area contributed by atoms with E-state index in [0.717, 1.165) is 11.3 Å². The number of aliphatic hydroxyl groups is 1. The third kappa shape index (κ3) is 5.00. The van der Waals surface area contributed by atoms with Crippen molar-refractivity contribution in [2.45, 2.75) is 43.5 Å². The summed E-state index contributed by atoms with van der Waals surface area (Å²) in [5.41, 5.74) is 3.34. The van der Waals surface area contributed by atoms with Gasteiger partial charge in [0, 0.05) is 24.0 Å².